The van der Waals surface area contributed by atoms with Gasteiger partial charge in [0, 0.05) is 28.3 Å². The molecule has 26 heavy (non-hydrogen) atoms. The molecule has 0 aliphatic heterocycles. The van der Waals surface area contributed by atoms with Gasteiger partial charge in [-0.2, -0.15) is 0 Å². The van der Waals surface area contributed by atoms with Crippen molar-refractivity contribution in [2.75, 3.05) is 5.32 Å². The lowest BCUT2D eigenvalue weighted by Gasteiger charge is -2.07. The number of carbonyl (C=O) groups excluding carboxylic acids is 2. The van der Waals surface area contributed by atoms with Gasteiger partial charge in [-0.25, -0.2) is 5.48 Å². The van der Waals surface area contributed by atoms with Crippen molar-refractivity contribution in [3.63, 3.8) is 0 Å². The van der Waals surface area contributed by atoms with Crippen LogP contribution < -0.4 is 10.8 Å². The highest BCUT2D eigenvalue weighted by atomic mass is 32.1. The summed E-state index contributed by atoms with van der Waals surface area (Å²) in [6.45, 7) is 0. The Kier molecular flexibility index (Phi) is 3.95. The van der Waals surface area contributed by atoms with Crippen LogP contribution in [0.15, 0.2) is 54.6 Å². The molecule has 0 aliphatic carbocycles. The Balaban J connectivity index is 1.64. The minimum absolute atomic E-state index is 0.202. The van der Waals surface area contributed by atoms with Crippen molar-refractivity contribution in [1.29, 1.82) is 0 Å². The first-order valence-corrected chi connectivity index (χ1v) is 8.72. The summed E-state index contributed by atoms with van der Waals surface area (Å²) >= 11 is 1.27. The quantitative estimate of drug-likeness (QED) is 0.382. The molecule has 2 heterocycles. The Morgan fingerprint density at radius 1 is 1.00 bits per heavy atom. The van der Waals surface area contributed by atoms with Crippen molar-refractivity contribution in [1.82, 2.24) is 10.0 Å². The zero-order valence-corrected chi connectivity index (χ0v) is 14.6. The van der Waals surface area contributed by atoms with Crippen molar-refractivity contribution >= 4 is 49.8 Å². The summed E-state index contributed by atoms with van der Waals surface area (Å²) in [6.07, 6.45) is 0. The highest BCUT2D eigenvalue weighted by Gasteiger charge is 2.14. The molecule has 4 rings (SSSR count). The van der Waals surface area contributed by atoms with E-state index in [9.17, 15) is 9.59 Å². The van der Waals surface area contributed by atoms with Crippen molar-refractivity contribution in [2.45, 2.75) is 0 Å². The van der Waals surface area contributed by atoms with Crippen LogP contribution in [-0.2, 0) is 7.05 Å². The summed E-state index contributed by atoms with van der Waals surface area (Å²) in [5, 5.41) is 13.5. The molecule has 3 N–H and O–H groups in total. The van der Waals surface area contributed by atoms with Gasteiger partial charge in [0.05, 0.1) is 4.88 Å². The van der Waals surface area contributed by atoms with Crippen LogP contribution in [0.25, 0.3) is 21.0 Å². The Morgan fingerprint density at radius 2 is 1.81 bits per heavy atom. The second-order valence-electron chi connectivity index (χ2n) is 5.91. The Labute approximate surface area is 152 Å². The molecule has 0 bridgehead atoms. The summed E-state index contributed by atoms with van der Waals surface area (Å²) < 4.78 is 2.75. The number of rotatable bonds is 3. The average molecular weight is 365 g/mol. The fraction of sp³-hybridized carbons (Fsp3) is 0.0526. The van der Waals surface area contributed by atoms with E-state index in [1.165, 1.54) is 11.3 Å². The van der Waals surface area contributed by atoms with Crippen molar-refractivity contribution in [3.8, 4) is 0 Å². The predicted molar refractivity (Wildman–Crippen MR) is 102 cm³/mol. The van der Waals surface area contributed by atoms with Gasteiger partial charge < -0.3 is 9.88 Å². The second kappa shape index (κ2) is 6.29. The Bertz CT molecular complexity index is 1160. The third-order valence-electron chi connectivity index (χ3n) is 4.28. The minimum Gasteiger partial charge on any atom is -0.340 e. The predicted octanol–water partition coefficient (Wildman–Crippen LogP) is 3.76. The summed E-state index contributed by atoms with van der Waals surface area (Å²) in [5.74, 6) is -0.751. The van der Waals surface area contributed by atoms with Crippen molar-refractivity contribution in [3.05, 3.63) is 65.2 Å². The third kappa shape index (κ3) is 2.73. The van der Waals surface area contributed by atoms with E-state index < -0.39 is 5.91 Å². The molecule has 0 fully saturated rings. The number of nitrogens with zero attached hydrogens (tertiary/aromatic N) is 1. The maximum atomic E-state index is 12.7. The number of hydrogen-bond donors (Lipinski definition) is 3. The minimum atomic E-state index is -0.549. The molecule has 0 radical (unpaired) electrons. The number of hydroxylamine groups is 1. The van der Waals surface area contributed by atoms with Crippen LogP contribution in [0.5, 0.6) is 0 Å². The van der Waals surface area contributed by atoms with Gasteiger partial charge in [0.2, 0.25) is 0 Å². The molecule has 0 atom stereocenters. The van der Waals surface area contributed by atoms with Gasteiger partial charge in [-0.15, -0.1) is 11.3 Å². The largest absolute Gasteiger partial charge is 0.340 e. The number of hydrogen-bond acceptors (Lipinski definition) is 4. The lowest BCUT2D eigenvalue weighted by atomic mass is 10.2. The molecular formula is C19H15N3O3S. The molecule has 0 unspecified atom stereocenters. The number of amides is 2. The number of fused-ring (bicyclic) bond motifs is 2. The topological polar surface area (TPSA) is 83.4 Å². The smallest absolute Gasteiger partial charge is 0.284 e. The van der Waals surface area contributed by atoms with E-state index in [4.69, 9.17) is 5.21 Å². The molecule has 2 aromatic carbocycles. The van der Waals surface area contributed by atoms with E-state index in [2.05, 4.69) is 5.32 Å². The molecule has 6 nitrogen and oxygen atoms in total. The van der Waals surface area contributed by atoms with E-state index in [1.54, 1.807) is 23.7 Å². The van der Waals surface area contributed by atoms with Crippen molar-refractivity contribution in [2.24, 2.45) is 7.05 Å². The molecule has 7 heteroatoms. The SMILES string of the molecule is Cn1c(C(=O)Nc2ccc3sc(C(=O)NO)cc3c2)cc2ccccc21. The summed E-state index contributed by atoms with van der Waals surface area (Å²) in [4.78, 5) is 24.6. The zero-order valence-electron chi connectivity index (χ0n) is 13.8. The molecule has 130 valence electrons. The number of aromatic nitrogens is 1. The number of carbonyl (C=O) groups is 2. The van der Waals surface area contributed by atoms with Crippen LogP contribution in [0.2, 0.25) is 0 Å². The van der Waals surface area contributed by atoms with Gasteiger partial charge in [-0.3, -0.25) is 14.8 Å². The van der Waals surface area contributed by atoms with E-state index in [0.29, 0.717) is 16.3 Å². The number of anilines is 1. The van der Waals surface area contributed by atoms with Crippen LogP contribution in [-0.4, -0.2) is 21.6 Å². The highest BCUT2D eigenvalue weighted by Crippen LogP contribution is 2.28. The number of thiophene rings is 1. The third-order valence-corrected chi connectivity index (χ3v) is 5.40. The van der Waals surface area contributed by atoms with Crippen LogP contribution in [0.1, 0.15) is 20.2 Å². The van der Waals surface area contributed by atoms with Gasteiger partial charge >= 0.3 is 0 Å². The summed E-state index contributed by atoms with van der Waals surface area (Å²) in [5.41, 5.74) is 3.83. The molecule has 0 saturated heterocycles. The normalized spacial score (nSPS) is 11.0. The van der Waals surface area contributed by atoms with E-state index in [-0.39, 0.29) is 5.91 Å². The number of nitrogens with one attached hydrogen (secondary N) is 2. The number of para-hydroxylation sites is 1. The van der Waals surface area contributed by atoms with Crippen LogP contribution in [0.3, 0.4) is 0 Å². The maximum Gasteiger partial charge on any atom is 0.284 e. The van der Waals surface area contributed by atoms with Gasteiger partial charge in [-0.1, -0.05) is 18.2 Å². The lowest BCUT2D eigenvalue weighted by molar-refractivity contribution is 0.0711. The average Bonchev–Trinajstić information content (AvgIpc) is 3.22. The monoisotopic (exact) mass is 365 g/mol. The van der Waals surface area contributed by atoms with Gasteiger partial charge in [0.15, 0.2) is 0 Å². The zero-order chi connectivity index (χ0) is 18.3. The van der Waals surface area contributed by atoms with Crippen LogP contribution in [0.4, 0.5) is 5.69 Å². The fourth-order valence-corrected chi connectivity index (χ4v) is 3.92. The van der Waals surface area contributed by atoms with E-state index in [0.717, 1.165) is 21.0 Å². The molecule has 0 spiro atoms. The number of aryl methyl sites for hydroxylation is 1. The first kappa shape index (κ1) is 16.3. The molecule has 2 amide bonds. The van der Waals surface area contributed by atoms with Crippen LogP contribution in [0, 0.1) is 0 Å². The van der Waals surface area contributed by atoms with Gasteiger partial charge in [0.1, 0.15) is 5.69 Å². The molecule has 4 aromatic rings. The highest BCUT2D eigenvalue weighted by molar-refractivity contribution is 7.20. The number of benzene rings is 2. The lowest BCUT2D eigenvalue weighted by Crippen LogP contribution is -2.16. The van der Waals surface area contributed by atoms with E-state index >= 15 is 0 Å². The molecular weight excluding hydrogens is 350 g/mol. The second-order valence-corrected chi connectivity index (χ2v) is 6.99. The standard InChI is InChI=1S/C19H15N3O3S/c1-22-14-5-3-2-4-11(14)9-15(22)18(23)20-13-6-7-16-12(8-13)10-17(26-16)19(24)21-25/h2-10,25H,1H3,(H,20,23)(H,21,24). The van der Waals surface area contributed by atoms with Crippen LogP contribution >= 0.6 is 11.3 Å². The molecule has 0 saturated carbocycles. The maximum absolute atomic E-state index is 12.7. The fourth-order valence-electron chi connectivity index (χ4n) is 2.99. The molecule has 2 aromatic heterocycles. The summed E-state index contributed by atoms with van der Waals surface area (Å²) in [6, 6.07) is 16.8. The van der Waals surface area contributed by atoms with Crippen molar-refractivity contribution < 1.29 is 14.8 Å². The van der Waals surface area contributed by atoms with E-state index in [1.807, 2.05) is 48.0 Å². The molecule has 0 aliphatic rings. The first-order chi connectivity index (χ1) is 12.6. The van der Waals surface area contributed by atoms with Gasteiger partial charge in [-0.05, 0) is 41.8 Å². The Hall–Kier alpha value is -3.16. The summed E-state index contributed by atoms with van der Waals surface area (Å²) in [7, 11) is 1.86. The van der Waals surface area contributed by atoms with Gasteiger partial charge in [0.25, 0.3) is 11.8 Å². The first-order valence-electron chi connectivity index (χ1n) is 7.90. The Morgan fingerprint density at radius 3 is 2.58 bits per heavy atom.